The normalized spacial score (nSPS) is 14.3. The molecule has 0 saturated carbocycles. The number of rotatable bonds is 4. The molecule has 1 saturated heterocycles. The molecule has 0 N–H and O–H groups in total. The minimum atomic E-state index is -0.879. The summed E-state index contributed by atoms with van der Waals surface area (Å²) in [6.45, 7) is 5.04. The number of piperazine rings is 1. The van der Waals surface area contributed by atoms with Crippen LogP contribution in [0.3, 0.4) is 0 Å². The Balaban J connectivity index is 1.71. The molecule has 1 amide bonds. The van der Waals surface area contributed by atoms with Crippen LogP contribution >= 0.6 is 0 Å². The molecule has 148 valence electrons. The number of carbonyl (C=O) groups excluding carboxylic acids is 2. The molecule has 28 heavy (non-hydrogen) atoms. The maximum atomic E-state index is 13.9. The molecule has 0 unspecified atom stereocenters. The second-order valence-electron chi connectivity index (χ2n) is 6.73. The summed E-state index contributed by atoms with van der Waals surface area (Å²) in [5.74, 6) is -2.05. The summed E-state index contributed by atoms with van der Waals surface area (Å²) >= 11 is 0. The van der Waals surface area contributed by atoms with Crippen molar-refractivity contribution in [2.24, 2.45) is 0 Å². The van der Waals surface area contributed by atoms with Gasteiger partial charge in [-0.2, -0.15) is 0 Å². The zero-order valence-electron chi connectivity index (χ0n) is 15.7. The molecule has 1 fully saturated rings. The van der Waals surface area contributed by atoms with E-state index in [2.05, 4.69) is 4.98 Å². The Kier molecular flexibility index (Phi) is 5.87. The summed E-state index contributed by atoms with van der Waals surface area (Å²) in [6, 6.07) is 6.23. The number of amides is 1. The molecule has 2 aromatic rings. The highest BCUT2D eigenvalue weighted by molar-refractivity contribution is 5.96. The molecule has 0 spiro atoms. The van der Waals surface area contributed by atoms with Gasteiger partial charge in [0.25, 0.3) is 5.91 Å². The van der Waals surface area contributed by atoms with E-state index < -0.39 is 23.5 Å². The van der Waals surface area contributed by atoms with Crippen molar-refractivity contribution in [3.8, 4) is 0 Å². The van der Waals surface area contributed by atoms with Crippen molar-refractivity contribution >= 4 is 17.7 Å². The third kappa shape index (κ3) is 4.27. The lowest BCUT2D eigenvalue weighted by Gasteiger charge is -2.36. The summed E-state index contributed by atoms with van der Waals surface area (Å²) in [5.41, 5.74) is 0.203. The van der Waals surface area contributed by atoms with E-state index in [1.54, 1.807) is 32.2 Å². The summed E-state index contributed by atoms with van der Waals surface area (Å²) in [4.78, 5) is 32.5. The van der Waals surface area contributed by atoms with E-state index in [9.17, 15) is 18.4 Å². The number of nitrogens with zero attached hydrogens (tertiary/aromatic N) is 3. The van der Waals surface area contributed by atoms with Gasteiger partial charge in [-0.15, -0.1) is 0 Å². The third-order valence-electron chi connectivity index (χ3n) is 4.38. The smallest absolute Gasteiger partial charge is 0.342 e. The SMILES string of the molecule is CC(C)OC(=O)c1cccnc1N1CCN(C(=O)c2ccc(F)cc2F)CC1. The van der Waals surface area contributed by atoms with Crippen molar-refractivity contribution in [2.75, 3.05) is 31.1 Å². The third-order valence-corrected chi connectivity index (χ3v) is 4.38. The van der Waals surface area contributed by atoms with Crippen LogP contribution in [-0.2, 0) is 4.74 Å². The fourth-order valence-electron chi connectivity index (χ4n) is 3.04. The van der Waals surface area contributed by atoms with Gasteiger partial charge in [0.1, 0.15) is 23.0 Å². The summed E-state index contributed by atoms with van der Waals surface area (Å²) < 4.78 is 32.2. The van der Waals surface area contributed by atoms with Gasteiger partial charge in [0.2, 0.25) is 0 Å². The lowest BCUT2D eigenvalue weighted by atomic mass is 10.1. The lowest BCUT2D eigenvalue weighted by molar-refractivity contribution is 0.0377. The zero-order valence-corrected chi connectivity index (χ0v) is 15.7. The van der Waals surface area contributed by atoms with Crippen LogP contribution in [-0.4, -0.2) is 54.0 Å². The fourth-order valence-corrected chi connectivity index (χ4v) is 3.04. The van der Waals surface area contributed by atoms with Gasteiger partial charge < -0.3 is 14.5 Å². The average Bonchev–Trinajstić information content (AvgIpc) is 2.67. The molecule has 1 aromatic carbocycles. The molecule has 3 rings (SSSR count). The number of benzene rings is 1. The van der Waals surface area contributed by atoms with E-state index in [-0.39, 0.29) is 11.7 Å². The number of anilines is 1. The number of hydrogen-bond donors (Lipinski definition) is 0. The van der Waals surface area contributed by atoms with Crippen molar-refractivity contribution in [1.82, 2.24) is 9.88 Å². The van der Waals surface area contributed by atoms with Crippen LogP contribution in [0.1, 0.15) is 34.6 Å². The van der Waals surface area contributed by atoms with Crippen molar-refractivity contribution < 1.29 is 23.1 Å². The van der Waals surface area contributed by atoms with E-state index in [4.69, 9.17) is 4.74 Å². The summed E-state index contributed by atoms with van der Waals surface area (Å²) in [5, 5.41) is 0. The first-order chi connectivity index (χ1) is 13.4. The number of halogens is 2. The number of esters is 1. The van der Waals surface area contributed by atoms with Gasteiger partial charge in [-0.1, -0.05) is 0 Å². The van der Waals surface area contributed by atoms with E-state index in [1.165, 1.54) is 4.90 Å². The molecule has 8 heteroatoms. The fraction of sp³-hybridized carbons (Fsp3) is 0.350. The molecule has 1 aromatic heterocycles. The second kappa shape index (κ2) is 8.33. The van der Waals surface area contributed by atoms with Gasteiger partial charge in [-0.3, -0.25) is 4.79 Å². The van der Waals surface area contributed by atoms with Gasteiger partial charge >= 0.3 is 5.97 Å². The standard InChI is InChI=1S/C20H21F2N3O3/c1-13(2)28-20(27)16-4-3-7-23-18(16)24-8-10-25(11-9-24)19(26)15-6-5-14(21)12-17(15)22/h3-7,12-13H,8-11H2,1-2H3. The van der Waals surface area contributed by atoms with Crippen LogP contribution in [0.25, 0.3) is 0 Å². The van der Waals surface area contributed by atoms with Crippen LogP contribution < -0.4 is 4.90 Å². The number of ether oxygens (including phenoxy) is 1. The monoisotopic (exact) mass is 389 g/mol. The molecule has 2 heterocycles. The molecule has 1 aliphatic heterocycles. The Labute approximate surface area is 161 Å². The molecule has 6 nitrogen and oxygen atoms in total. The van der Waals surface area contributed by atoms with Crippen molar-refractivity contribution in [1.29, 1.82) is 0 Å². The predicted molar refractivity (Wildman–Crippen MR) is 99.3 cm³/mol. The molecular weight excluding hydrogens is 368 g/mol. The zero-order chi connectivity index (χ0) is 20.3. The van der Waals surface area contributed by atoms with Crippen molar-refractivity contribution in [3.63, 3.8) is 0 Å². The number of carbonyl (C=O) groups is 2. The van der Waals surface area contributed by atoms with E-state index in [1.807, 2.05) is 4.90 Å². The Morgan fingerprint density at radius 3 is 2.43 bits per heavy atom. The minimum absolute atomic E-state index is 0.158. The van der Waals surface area contributed by atoms with E-state index >= 15 is 0 Å². The van der Waals surface area contributed by atoms with Crippen molar-refractivity contribution in [2.45, 2.75) is 20.0 Å². The first kappa shape index (κ1) is 19.7. The van der Waals surface area contributed by atoms with Crippen LogP contribution in [0, 0.1) is 11.6 Å². The van der Waals surface area contributed by atoms with Gasteiger partial charge in [0.15, 0.2) is 0 Å². The summed E-state index contributed by atoms with van der Waals surface area (Å²) in [6.07, 6.45) is 1.34. The van der Waals surface area contributed by atoms with Gasteiger partial charge in [0, 0.05) is 38.4 Å². The molecule has 0 aliphatic carbocycles. The second-order valence-corrected chi connectivity index (χ2v) is 6.73. The molecule has 0 radical (unpaired) electrons. The number of hydrogen-bond acceptors (Lipinski definition) is 5. The highest BCUT2D eigenvalue weighted by Gasteiger charge is 2.27. The number of aromatic nitrogens is 1. The molecule has 1 aliphatic rings. The van der Waals surface area contributed by atoms with E-state index in [0.29, 0.717) is 43.6 Å². The summed E-state index contributed by atoms with van der Waals surface area (Å²) in [7, 11) is 0. The van der Waals surface area contributed by atoms with Gasteiger partial charge in [-0.25, -0.2) is 18.6 Å². The van der Waals surface area contributed by atoms with Gasteiger partial charge in [-0.05, 0) is 38.1 Å². The lowest BCUT2D eigenvalue weighted by Crippen LogP contribution is -2.49. The average molecular weight is 389 g/mol. The highest BCUT2D eigenvalue weighted by atomic mass is 19.1. The maximum Gasteiger partial charge on any atom is 0.342 e. The Morgan fingerprint density at radius 1 is 1.07 bits per heavy atom. The molecule has 0 bridgehead atoms. The largest absolute Gasteiger partial charge is 0.459 e. The Hall–Kier alpha value is -3.03. The first-order valence-corrected chi connectivity index (χ1v) is 9.02. The Bertz CT molecular complexity index is 881. The topological polar surface area (TPSA) is 62.7 Å². The van der Waals surface area contributed by atoms with Crippen LogP contribution in [0.5, 0.6) is 0 Å². The van der Waals surface area contributed by atoms with E-state index in [0.717, 1.165) is 12.1 Å². The van der Waals surface area contributed by atoms with Crippen LogP contribution in [0.15, 0.2) is 36.5 Å². The highest BCUT2D eigenvalue weighted by Crippen LogP contribution is 2.21. The maximum absolute atomic E-state index is 13.9. The molecular formula is C20H21F2N3O3. The minimum Gasteiger partial charge on any atom is -0.459 e. The quantitative estimate of drug-likeness (QED) is 0.753. The first-order valence-electron chi connectivity index (χ1n) is 9.02. The predicted octanol–water partition coefficient (Wildman–Crippen LogP) is 2.89. The van der Waals surface area contributed by atoms with Crippen LogP contribution in [0.2, 0.25) is 0 Å². The van der Waals surface area contributed by atoms with Crippen LogP contribution in [0.4, 0.5) is 14.6 Å². The van der Waals surface area contributed by atoms with Gasteiger partial charge in [0.05, 0.1) is 11.7 Å². The Morgan fingerprint density at radius 2 is 1.79 bits per heavy atom. The van der Waals surface area contributed by atoms with Crippen molar-refractivity contribution in [3.05, 3.63) is 59.3 Å². The number of pyridine rings is 1. The molecule has 0 atom stereocenters.